The van der Waals surface area contributed by atoms with Crippen LogP contribution in [0.15, 0.2) is 49.3 Å². The van der Waals surface area contributed by atoms with Gasteiger partial charge in [-0.25, -0.2) is 9.97 Å². The zero-order valence-electron chi connectivity index (χ0n) is 13.7. The van der Waals surface area contributed by atoms with Crippen molar-refractivity contribution in [1.82, 2.24) is 29.4 Å². The molecule has 0 N–H and O–H groups in total. The number of imidazole rings is 1. The lowest BCUT2D eigenvalue weighted by atomic mass is 10.1. The van der Waals surface area contributed by atoms with Crippen LogP contribution in [0.2, 0.25) is 0 Å². The van der Waals surface area contributed by atoms with Crippen LogP contribution in [0.3, 0.4) is 0 Å². The van der Waals surface area contributed by atoms with Crippen LogP contribution in [0.25, 0.3) is 11.5 Å². The number of likely N-dealkylation sites (tertiary alicyclic amines) is 1. The van der Waals surface area contributed by atoms with E-state index in [1.807, 2.05) is 36.3 Å². The van der Waals surface area contributed by atoms with Crippen LogP contribution in [0.1, 0.15) is 30.1 Å². The van der Waals surface area contributed by atoms with E-state index in [9.17, 15) is 0 Å². The number of aromatic nitrogens is 5. The standard InChI is InChI=1S/C18H20N6/c1-23-11-9-22-18(23)17-16(20-7-8-21-17)15-5-3-10-24(15)13-14-4-2-6-19-12-14/h2,4,6-9,11-12,15H,3,5,10,13H2,1H3/t15-/m0/s1. The van der Waals surface area contributed by atoms with Gasteiger partial charge in [0.05, 0.1) is 11.7 Å². The van der Waals surface area contributed by atoms with E-state index < -0.39 is 0 Å². The summed E-state index contributed by atoms with van der Waals surface area (Å²) in [6, 6.07) is 4.38. The third-order valence-electron chi connectivity index (χ3n) is 4.55. The molecular weight excluding hydrogens is 300 g/mol. The Labute approximate surface area is 141 Å². The van der Waals surface area contributed by atoms with Gasteiger partial charge >= 0.3 is 0 Å². The first-order chi connectivity index (χ1) is 11.8. The molecule has 4 heterocycles. The van der Waals surface area contributed by atoms with Crippen molar-refractivity contribution < 1.29 is 0 Å². The Kier molecular flexibility index (Phi) is 4.04. The molecule has 0 unspecified atom stereocenters. The summed E-state index contributed by atoms with van der Waals surface area (Å²) < 4.78 is 1.99. The molecule has 0 aromatic carbocycles. The van der Waals surface area contributed by atoms with Crippen molar-refractivity contribution in [2.45, 2.75) is 25.4 Å². The van der Waals surface area contributed by atoms with Crippen molar-refractivity contribution in [3.05, 3.63) is 60.6 Å². The van der Waals surface area contributed by atoms with E-state index in [1.54, 1.807) is 18.6 Å². The van der Waals surface area contributed by atoms with Crippen molar-refractivity contribution in [3.8, 4) is 11.5 Å². The summed E-state index contributed by atoms with van der Waals surface area (Å²) in [5.41, 5.74) is 3.13. The molecule has 3 aromatic rings. The fraction of sp³-hybridized carbons (Fsp3) is 0.333. The Morgan fingerprint density at radius 1 is 1.12 bits per heavy atom. The monoisotopic (exact) mass is 320 g/mol. The van der Waals surface area contributed by atoms with E-state index in [4.69, 9.17) is 0 Å². The second-order valence-corrected chi connectivity index (χ2v) is 6.14. The average Bonchev–Trinajstić information content (AvgIpc) is 3.25. The van der Waals surface area contributed by atoms with Gasteiger partial charge in [0.1, 0.15) is 5.69 Å². The van der Waals surface area contributed by atoms with Crippen LogP contribution in [-0.4, -0.2) is 35.9 Å². The number of aryl methyl sites for hydroxylation is 1. The molecule has 1 saturated heterocycles. The molecule has 0 amide bonds. The fourth-order valence-electron chi connectivity index (χ4n) is 3.41. The average molecular weight is 320 g/mol. The summed E-state index contributed by atoms with van der Waals surface area (Å²) in [6.45, 7) is 1.95. The van der Waals surface area contributed by atoms with Crippen molar-refractivity contribution in [1.29, 1.82) is 0 Å². The van der Waals surface area contributed by atoms with Gasteiger partial charge in [-0.3, -0.25) is 14.9 Å². The first kappa shape index (κ1) is 15.0. The lowest BCUT2D eigenvalue weighted by Crippen LogP contribution is -2.24. The SMILES string of the molecule is Cn1ccnc1-c1nccnc1[C@@H]1CCCN1Cc1cccnc1. The Hall–Kier alpha value is -2.60. The molecule has 0 radical (unpaired) electrons. The number of rotatable bonds is 4. The zero-order chi connectivity index (χ0) is 16.4. The van der Waals surface area contributed by atoms with Crippen LogP contribution in [0, 0.1) is 0 Å². The van der Waals surface area contributed by atoms with Crippen LogP contribution in [0.5, 0.6) is 0 Å². The molecule has 3 aromatic heterocycles. The summed E-state index contributed by atoms with van der Waals surface area (Å²) in [4.78, 5) is 20.4. The smallest absolute Gasteiger partial charge is 0.160 e. The minimum absolute atomic E-state index is 0.269. The Morgan fingerprint density at radius 3 is 2.83 bits per heavy atom. The lowest BCUT2D eigenvalue weighted by Gasteiger charge is -2.25. The van der Waals surface area contributed by atoms with Gasteiger partial charge in [0, 0.05) is 50.8 Å². The van der Waals surface area contributed by atoms with Gasteiger partial charge < -0.3 is 4.57 Å². The number of nitrogens with zero attached hydrogens (tertiary/aromatic N) is 6. The third kappa shape index (κ3) is 2.80. The highest BCUT2D eigenvalue weighted by atomic mass is 15.2. The van der Waals surface area contributed by atoms with Crippen molar-refractivity contribution in [2.24, 2.45) is 7.05 Å². The summed E-state index contributed by atoms with van der Waals surface area (Å²) >= 11 is 0. The zero-order valence-corrected chi connectivity index (χ0v) is 13.7. The molecule has 6 heteroatoms. The molecule has 122 valence electrons. The second kappa shape index (κ2) is 6.49. The Balaban J connectivity index is 1.67. The minimum atomic E-state index is 0.269. The highest BCUT2D eigenvalue weighted by Gasteiger charge is 2.30. The molecule has 0 saturated carbocycles. The van der Waals surface area contributed by atoms with Crippen molar-refractivity contribution in [3.63, 3.8) is 0 Å². The van der Waals surface area contributed by atoms with E-state index in [2.05, 4.69) is 30.9 Å². The van der Waals surface area contributed by atoms with Gasteiger partial charge in [0.25, 0.3) is 0 Å². The molecule has 24 heavy (non-hydrogen) atoms. The normalized spacial score (nSPS) is 18.1. The fourth-order valence-corrected chi connectivity index (χ4v) is 3.41. The molecule has 1 atom stereocenters. The molecule has 1 aliphatic heterocycles. The van der Waals surface area contributed by atoms with E-state index in [-0.39, 0.29) is 6.04 Å². The quantitative estimate of drug-likeness (QED) is 0.739. The first-order valence-corrected chi connectivity index (χ1v) is 8.24. The van der Waals surface area contributed by atoms with Crippen LogP contribution in [0.4, 0.5) is 0 Å². The molecule has 6 nitrogen and oxygen atoms in total. The van der Waals surface area contributed by atoms with Crippen molar-refractivity contribution in [2.75, 3.05) is 6.54 Å². The van der Waals surface area contributed by atoms with Gasteiger partial charge in [-0.15, -0.1) is 0 Å². The van der Waals surface area contributed by atoms with E-state index in [0.29, 0.717) is 0 Å². The molecule has 1 aliphatic rings. The molecule has 0 spiro atoms. The van der Waals surface area contributed by atoms with Crippen LogP contribution >= 0.6 is 0 Å². The van der Waals surface area contributed by atoms with Crippen LogP contribution < -0.4 is 0 Å². The van der Waals surface area contributed by atoms with Gasteiger partial charge in [-0.2, -0.15) is 0 Å². The molecule has 0 bridgehead atoms. The summed E-state index contributed by atoms with van der Waals surface area (Å²) in [5, 5.41) is 0. The molecule has 4 rings (SSSR count). The summed E-state index contributed by atoms with van der Waals surface area (Å²) in [6.07, 6.45) is 13.3. The topological polar surface area (TPSA) is 59.7 Å². The van der Waals surface area contributed by atoms with Crippen LogP contribution in [-0.2, 0) is 13.6 Å². The highest BCUT2D eigenvalue weighted by Crippen LogP contribution is 2.35. The van der Waals surface area contributed by atoms with Gasteiger partial charge in [0.15, 0.2) is 5.82 Å². The maximum absolute atomic E-state index is 4.68. The predicted molar refractivity (Wildman–Crippen MR) is 90.9 cm³/mol. The Morgan fingerprint density at radius 2 is 2.04 bits per heavy atom. The van der Waals surface area contributed by atoms with E-state index >= 15 is 0 Å². The highest BCUT2D eigenvalue weighted by molar-refractivity contribution is 5.54. The number of hydrogen-bond donors (Lipinski definition) is 0. The summed E-state index contributed by atoms with van der Waals surface area (Å²) in [5.74, 6) is 0.867. The number of pyridine rings is 1. The minimum Gasteiger partial charge on any atom is -0.333 e. The van der Waals surface area contributed by atoms with E-state index in [0.717, 1.165) is 36.7 Å². The molecule has 0 aliphatic carbocycles. The lowest BCUT2D eigenvalue weighted by molar-refractivity contribution is 0.244. The molecule has 1 fully saturated rings. The molecular formula is C18H20N6. The first-order valence-electron chi connectivity index (χ1n) is 8.24. The Bertz CT molecular complexity index is 813. The maximum Gasteiger partial charge on any atom is 0.160 e. The maximum atomic E-state index is 4.68. The van der Waals surface area contributed by atoms with Gasteiger partial charge in [0.2, 0.25) is 0 Å². The van der Waals surface area contributed by atoms with Gasteiger partial charge in [-0.05, 0) is 31.0 Å². The van der Waals surface area contributed by atoms with Gasteiger partial charge in [-0.1, -0.05) is 6.07 Å². The second-order valence-electron chi connectivity index (χ2n) is 6.14. The third-order valence-corrected chi connectivity index (χ3v) is 4.55. The largest absolute Gasteiger partial charge is 0.333 e. The van der Waals surface area contributed by atoms with E-state index in [1.165, 1.54) is 12.0 Å². The number of hydrogen-bond acceptors (Lipinski definition) is 5. The predicted octanol–water partition coefficient (Wildman–Crippen LogP) is 2.61. The summed E-state index contributed by atoms with van der Waals surface area (Å²) in [7, 11) is 1.99. The van der Waals surface area contributed by atoms with Crippen molar-refractivity contribution >= 4 is 0 Å².